The molecule has 35 heavy (non-hydrogen) atoms. The number of carboxylic acids is 1. The average Bonchev–Trinajstić information content (AvgIpc) is 3.08. The first kappa shape index (κ1) is 25.7. The minimum atomic E-state index is -0.725. The van der Waals surface area contributed by atoms with Crippen molar-refractivity contribution in [2.24, 2.45) is 5.92 Å². The molecule has 1 N–H and O–H groups in total. The van der Waals surface area contributed by atoms with E-state index >= 15 is 0 Å². The van der Waals surface area contributed by atoms with E-state index < -0.39 is 5.97 Å². The summed E-state index contributed by atoms with van der Waals surface area (Å²) in [5.74, 6) is -0.183. The van der Waals surface area contributed by atoms with Gasteiger partial charge in [0, 0.05) is 18.4 Å². The van der Waals surface area contributed by atoms with Gasteiger partial charge in [0.2, 0.25) is 0 Å². The second-order valence-electron chi connectivity index (χ2n) is 10.2. The number of aliphatic carboxylic acids is 1. The first-order valence-electron chi connectivity index (χ1n) is 13.6. The van der Waals surface area contributed by atoms with Gasteiger partial charge in [0.1, 0.15) is 0 Å². The Morgan fingerprint density at radius 2 is 1.57 bits per heavy atom. The standard InChI is InChI=1S/C31H41NO3/c33-31(34)15-9-2-1-8-14-28-29(32-22-10-3-4-11-23-32)20-21-30(28)35-24-25-16-18-27(19-17-25)26-12-6-5-7-13-26/h1-2,5-7,12-13,16-19,28-30H,3-4,8-11,14-15,20-24H2,(H,33,34)/b2-1+. The van der Waals surface area contributed by atoms with Gasteiger partial charge in [-0.15, -0.1) is 0 Å². The molecule has 4 heteroatoms. The zero-order chi connectivity index (χ0) is 24.3. The summed E-state index contributed by atoms with van der Waals surface area (Å²) in [5.41, 5.74) is 3.71. The van der Waals surface area contributed by atoms with E-state index in [9.17, 15) is 4.79 Å². The normalized spacial score (nSPS) is 23.5. The molecule has 4 rings (SSSR count). The van der Waals surface area contributed by atoms with Gasteiger partial charge in [0.25, 0.3) is 0 Å². The van der Waals surface area contributed by atoms with Crippen molar-refractivity contribution in [2.75, 3.05) is 13.1 Å². The number of likely N-dealkylation sites (tertiary alicyclic amines) is 1. The molecule has 1 aliphatic heterocycles. The smallest absolute Gasteiger partial charge is 0.303 e. The van der Waals surface area contributed by atoms with Crippen LogP contribution in [-0.4, -0.2) is 41.2 Å². The van der Waals surface area contributed by atoms with E-state index in [2.05, 4.69) is 65.6 Å². The molecular weight excluding hydrogens is 434 g/mol. The van der Waals surface area contributed by atoms with Crippen molar-refractivity contribution >= 4 is 5.97 Å². The molecule has 2 fully saturated rings. The van der Waals surface area contributed by atoms with Crippen molar-refractivity contribution < 1.29 is 14.6 Å². The number of rotatable bonds is 11. The molecule has 0 aromatic heterocycles. The van der Waals surface area contributed by atoms with Gasteiger partial charge in [0.05, 0.1) is 12.7 Å². The minimum Gasteiger partial charge on any atom is -0.481 e. The molecule has 2 aliphatic rings. The molecule has 0 amide bonds. The van der Waals surface area contributed by atoms with Gasteiger partial charge in [-0.05, 0) is 74.7 Å². The zero-order valence-corrected chi connectivity index (χ0v) is 21.0. The molecule has 0 spiro atoms. The van der Waals surface area contributed by atoms with Crippen molar-refractivity contribution in [1.29, 1.82) is 0 Å². The SMILES string of the molecule is O=C(O)CC/C=C/CCC1C(OCc2ccc(-c3ccccc3)cc2)CCC1N1CCCCCC1. The van der Waals surface area contributed by atoms with Crippen LogP contribution in [0.5, 0.6) is 0 Å². The number of hydrogen-bond donors (Lipinski definition) is 1. The Hall–Kier alpha value is -2.43. The Kier molecular flexibility index (Phi) is 9.97. The zero-order valence-electron chi connectivity index (χ0n) is 21.0. The highest BCUT2D eigenvalue weighted by Crippen LogP contribution is 2.37. The summed E-state index contributed by atoms with van der Waals surface area (Å²) in [6.45, 7) is 3.12. The summed E-state index contributed by atoms with van der Waals surface area (Å²) in [7, 11) is 0. The van der Waals surface area contributed by atoms with Crippen LogP contribution in [0.2, 0.25) is 0 Å². The second-order valence-corrected chi connectivity index (χ2v) is 10.2. The number of benzene rings is 2. The maximum absolute atomic E-state index is 10.8. The largest absolute Gasteiger partial charge is 0.481 e. The average molecular weight is 476 g/mol. The van der Waals surface area contributed by atoms with Crippen molar-refractivity contribution in [3.05, 3.63) is 72.3 Å². The fraction of sp³-hybridized carbons (Fsp3) is 0.516. The lowest BCUT2D eigenvalue weighted by Crippen LogP contribution is -2.41. The fourth-order valence-corrected chi connectivity index (χ4v) is 5.83. The van der Waals surface area contributed by atoms with Crippen LogP contribution in [0.1, 0.15) is 69.8 Å². The predicted octanol–water partition coefficient (Wildman–Crippen LogP) is 7.09. The van der Waals surface area contributed by atoms with Crippen LogP contribution in [0.25, 0.3) is 11.1 Å². The van der Waals surface area contributed by atoms with Crippen LogP contribution in [0.4, 0.5) is 0 Å². The third kappa shape index (κ3) is 7.78. The van der Waals surface area contributed by atoms with Crippen LogP contribution in [0.3, 0.4) is 0 Å². The molecule has 1 saturated heterocycles. The van der Waals surface area contributed by atoms with E-state index in [1.165, 1.54) is 61.9 Å². The molecule has 0 radical (unpaired) electrons. The first-order valence-corrected chi connectivity index (χ1v) is 13.6. The summed E-state index contributed by atoms with van der Waals surface area (Å²) >= 11 is 0. The molecule has 3 atom stereocenters. The minimum absolute atomic E-state index is 0.213. The van der Waals surface area contributed by atoms with Gasteiger partial charge in [-0.1, -0.05) is 79.6 Å². The second kappa shape index (κ2) is 13.6. The molecule has 1 saturated carbocycles. The topological polar surface area (TPSA) is 49.8 Å². The quantitative estimate of drug-likeness (QED) is 0.352. The summed E-state index contributed by atoms with van der Waals surface area (Å²) in [4.78, 5) is 13.5. The van der Waals surface area contributed by atoms with E-state index in [1.807, 2.05) is 6.08 Å². The molecular formula is C31H41NO3. The maximum atomic E-state index is 10.8. The van der Waals surface area contributed by atoms with Crippen molar-refractivity contribution in [1.82, 2.24) is 4.90 Å². The summed E-state index contributed by atoms with van der Waals surface area (Å²) in [5, 5.41) is 8.85. The molecule has 0 bridgehead atoms. The van der Waals surface area contributed by atoms with Gasteiger partial charge in [-0.25, -0.2) is 0 Å². The van der Waals surface area contributed by atoms with Gasteiger partial charge < -0.3 is 14.7 Å². The lowest BCUT2D eigenvalue weighted by Gasteiger charge is -2.34. The maximum Gasteiger partial charge on any atom is 0.303 e. The number of ether oxygens (including phenoxy) is 1. The fourth-order valence-electron chi connectivity index (χ4n) is 5.83. The van der Waals surface area contributed by atoms with Crippen LogP contribution >= 0.6 is 0 Å². The number of carbonyl (C=O) groups is 1. The highest BCUT2D eigenvalue weighted by atomic mass is 16.5. The number of nitrogens with zero attached hydrogens (tertiary/aromatic N) is 1. The molecule has 1 heterocycles. The molecule has 1 aliphatic carbocycles. The number of allylic oxidation sites excluding steroid dienone is 2. The summed E-state index contributed by atoms with van der Waals surface area (Å²) in [6.07, 6.45) is 15.2. The van der Waals surface area contributed by atoms with Crippen LogP contribution in [0.15, 0.2) is 66.7 Å². The number of hydrogen-bond acceptors (Lipinski definition) is 3. The van der Waals surface area contributed by atoms with E-state index in [0.717, 1.165) is 19.3 Å². The van der Waals surface area contributed by atoms with E-state index in [-0.39, 0.29) is 6.42 Å². The van der Waals surface area contributed by atoms with Gasteiger partial charge in [-0.2, -0.15) is 0 Å². The Labute approximate surface area is 211 Å². The Morgan fingerprint density at radius 3 is 2.29 bits per heavy atom. The Bertz CT molecular complexity index is 916. The Balaban J connectivity index is 1.35. The van der Waals surface area contributed by atoms with Crippen molar-refractivity contribution in [3.8, 4) is 11.1 Å². The van der Waals surface area contributed by atoms with Crippen molar-refractivity contribution in [2.45, 2.75) is 83.0 Å². The van der Waals surface area contributed by atoms with Gasteiger partial charge in [0.15, 0.2) is 0 Å². The van der Waals surface area contributed by atoms with E-state index in [4.69, 9.17) is 9.84 Å². The first-order chi connectivity index (χ1) is 17.2. The number of carboxylic acid groups (broad SMARTS) is 1. The lowest BCUT2D eigenvalue weighted by molar-refractivity contribution is -0.136. The third-order valence-electron chi connectivity index (χ3n) is 7.71. The van der Waals surface area contributed by atoms with Gasteiger partial charge in [-0.3, -0.25) is 4.79 Å². The van der Waals surface area contributed by atoms with Gasteiger partial charge >= 0.3 is 5.97 Å². The van der Waals surface area contributed by atoms with Crippen LogP contribution in [0, 0.1) is 5.92 Å². The summed E-state index contributed by atoms with van der Waals surface area (Å²) in [6, 6.07) is 19.9. The molecule has 188 valence electrons. The summed E-state index contributed by atoms with van der Waals surface area (Å²) < 4.78 is 6.58. The lowest BCUT2D eigenvalue weighted by atomic mass is 9.94. The third-order valence-corrected chi connectivity index (χ3v) is 7.71. The molecule has 4 nitrogen and oxygen atoms in total. The molecule has 2 aromatic rings. The molecule has 2 aromatic carbocycles. The highest BCUT2D eigenvalue weighted by molar-refractivity contribution is 5.66. The van der Waals surface area contributed by atoms with Crippen molar-refractivity contribution in [3.63, 3.8) is 0 Å². The molecule has 3 unspecified atom stereocenters. The Morgan fingerprint density at radius 1 is 0.886 bits per heavy atom. The monoisotopic (exact) mass is 475 g/mol. The highest BCUT2D eigenvalue weighted by Gasteiger charge is 2.39. The van der Waals surface area contributed by atoms with E-state index in [0.29, 0.717) is 31.1 Å². The van der Waals surface area contributed by atoms with Crippen LogP contribution in [-0.2, 0) is 16.1 Å². The predicted molar refractivity (Wildman–Crippen MR) is 142 cm³/mol. The van der Waals surface area contributed by atoms with E-state index in [1.54, 1.807) is 0 Å². The van der Waals surface area contributed by atoms with Crippen LogP contribution < -0.4 is 0 Å².